The maximum atomic E-state index is 12.7. The van der Waals surface area contributed by atoms with Gasteiger partial charge in [0.1, 0.15) is 11.0 Å². The highest BCUT2D eigenvalue weighted by Crippen LogP contribution is 2.78. The Hall–Kier alpha value is -2.91. The van der Waals surface area contributed by atoms with Crippen LogP contribution in [0.15, 0.2) is 36.7 Å². The lowest BCUT2D eigenvalue weighted by Crippen LogP contribution is -2.15. The van der Waals surface area contributed by atoms with Crippen molar-refractivity contribution in [2.75, 3.05) is 5.32 Å². The van der Waals surface area contributed by atoms with E-state index >= 15 is 0 Å². The maximum absolute atomic E-state index is 12.7. The molecule has 3 unspecified atom stereocenters. The van der Waals surface area contributed by atoms with Crippen LogP contribution < -0.4 is 5.32 Å². The zero-order chi connectivity index (χ0) is 20.7. The Labute approximate surface area is 178 Å². The summed E-state index contributed by atoms with van der Waals surface area (Å²) >= 11 is 6.27. The summed E-state index contributed by atoms with van der Waals surface area (Å²) in [6.45, 7) is 0. The Morgan fingerprint density at radius 1 is 1.30 bits per heavy atom. The van der Waals surface area contributed by atoms with Gasteiger partial charge in [-0.15, -0.1) is 0 Å². The van der Waals surface area contributed by atoms with E-state index in [0.29, 0.717) is 11.0 Å². The average Bonchev–Trinajstić information content (AvgIpc) is 3.68. The van der Waals surface area contributed by atoms with E-state index in [-0.39, 0.29) is 28.6 Å². The number of anilines is 1. The second kappa shape index (κ2) is 5.83. The predicted octanol–water partition coefficient (Wildman–Crippen LogP) is 4.31. The fourth-order valence-corrected chi connectivity index (χ4v) is 5.29. The molecule has 6 nitrogen and oxygen atoms in total. The number of pyridine rings is 1. The summed E-state index contributed by atoms with van der Waals surface area (Å²) in [5, 5.41) is 19.5. The first-order valence-corrected chi connectivity index (χ1v) is 10.6. The maximum Gasteiger partial charge on any atom is 0.229 e. The third-order valence-corrected chi connectivity index (χ3v) is 7.78. The summed E-state index contributed by atoms with van der Waals surface area (Å²) in [6, 6.07) is 10.7. The van der Waals surface area contributed by atoms with Crippen LogP contribution in [0.1, 0.15) is 42.7 Å². The summed E-state index contributed by atoms with van der Waals surface area (Å²) in [4.78, 5) is 17.1. The van der Waals surface area contributed by atoms with Crippen molar-refractivity contribution in [1.82, 2.24) is 14.8 Å². The Bertz CT molecular complexity index is 1270. The van der Waals surface area contributed by atoms with Crippen molar-refractivity contribution in [2.45, 2.75) is 37.0 Å². The zero-order valence-electron chi connectivity index (χ0n) is 16.5. The van der Waals surface area contributed by atoms with Crippen LogP contribution in [0.25, 0.3) is 10.8 Å². The average molecular weight is 418 g/mol. The third-order valence-electron chi connectivity index (χ3n) is 7.31. The fraction of sp³-hybridized carbons (Fsp3) is 0.391. The number of fused-ring (bicyclic) bond motifs is 1. The van der Waals surface area contributed by atoms with Crippen molar-refractivity contribution in [3.8, 4) is 6.07 Å². The van der Waals surface area contributed by atoms with Crippen LogP contribution in [-0.4, -0.2) is 20.7 Å². The van der Waals surface area contributed by atoms with Crippen molar-refractivity contribution in [1.29, 1.82) is 5.26 Å². The van der Waals surface area contributed by atoms with E-state index in [1.54, 1.807) is 24.1 Å². The van der Waals surface area contributed by atoms with Gasteiger partial charge in [-0.25, -0.2) is 4.98 Å². The van der Waals surface area contributed by atoms with Crippen molar-refractivity contribution in [3.05, 3.63) is 52.9 Å². The number of hydrogen-bond donors (Lipinski definition) is 1. The molecule has 1 spiro atoms. The topological polar surface area (TPSA) is 83.6 Å². The molecule has 2 heterocycles. The minimum atomic E-state index is -0.321. The summed E-state index contributed by atoms with van der Waals surface area (Å²) < 4.78 is 1.62. The lowest BCUT2D eigenvalue weighted by Gasteiger charge is -2.11. The molecule has 6 rings (SSSR count). The first-order valence-electron chi connectivity index (χ1n) is 10.3. The summed E-state index contributed by atoms with van der Waals surface area (Å²) in [6.07, 6.45) is 7.56. The second-order valence-corrected chi connectivity index (χ2v) is 9.42. The predicted molar refractivity (Wildman–Crippen MR) is 113 cm³/mol. The SMILES string of the molecule is Cn1ncc(C2CC2C(=O)Nc2cc3cc(C4(C#N)CC45CC5)ccc3cn2)c1Cl. The highest BCUT2D eigenvalue weighted by atomic mass is 35.5. The Kier molecular flexibility index (Phi) is 3.48. The molecule has 3 aliphatic carbocycles. The second-order valence-electron chi connectivity index (χ2n) is 9.06. The molecule has 7 heteroatoms. The molecule has 1 N–H and O–H groups in total. The van der Waals surface area contributed by atoms with E-state index in [9.17, 15) is 10.1 Å². The van der Waals surface area contributed by atoms with Crippen LogP contribution in [0, 0.1) is 22.7 Å². The molecule has 1 aromatic carbocycles. The molecule has 0 aliphatic heterocycles. The van der Waals surface area contributed by atoms with Gasteiger partial charge in [0.05, 0.1) is 17.7 Å². The van der Waals surface area contributed by atoms with Gasteiger partial charge in [-0.3, -0.25) is 9.48 Å². The standard InChI is InChI=1S/C23H20ClN5O/c1-29-20(24)18(10-27-29)16-8-17(16)21(30)28-19-7-14-6-15(3-2-13(14)9-26-19)23(12-25)11-22(23)4-5-22/h2-3,6-7,9-10,16-17H,4-5,8,11H2,1H3,(H,26,28,30). The molecule has 1 amide bonds. The number of amides is 1. The normalized spacial score (nSPS) is 27.6. The van der Waals surface area contributed by atoms with E-state index < -0.39 is 0 Å². The number of hydrogen-bond acceptors (Lipinski definition) is 4. The number of carbonyl (C=O) groups is 1. The zero-order valence-corrected chi connectivity index (χ0v) is 17.3. The van der Waals surface area contributed by atoms with Crippen molar-refractivity contribution in [2.24, 2.45) is 18.4 Å². The molecule has 3 aromatic rings. The molecule has 0 bridgehead atoms. The summed E-state index contributed by atoms with van der Waals surface area (Å²) in [5.74, 6) is 0.489. The van der Waals surface area contributed by atoms with Crippen LogP contribution in [0.3, 0.4) is 0 Å². The van der Waals surface area contributed by atoms with E-state index in [1.807, 2.05) is 12.1 Å². The summed E-state index contributed by atoms with van der Waals surface area (Å²) in [5.41, 5.74) is 1.93. The first kappa shape index (κ1) is 17.9. The highest BCUT2D eigenvalue weighted by molar-refractivity contribution is 6.30. The summed E-state index contributed by atoms with van der Waals surface area (Å²) in [7, 11) is 1.79. The number of halogens is 1. The van der Waals surface area contributed by atoms with Gasteiger partial charge < -0.3 is 5.32 Å². The molecule has 0 radical (unpaired) electrons. The van der Waals surface area contributed by atoms with Gasteiger partial charge in [0.2, 0.25) is 5.91 Å². The molecule has 3 saturated carbocycles. The quantitative estimate of drug-likeness (QED) is 0.685. The van der Waals surface area contributed by atoms with Crippen molar-refractivity contribution >= 4 is 34.1 Å². The van der Waals surface area contributed by atoms with Gasteiger partial charge >= 0.3 is 0 Å². The van der Waals surface area contributed by atoms with Crippen LogP contribution >= 0.6 is 11.6 Å². The van der Waals surface area contributed by atoms with Crippen LogP contribution in [0.2, 0.25) is 5.15 Å². The smallest absolute Gasteiger partial charge is 0.229 e. The van der Waals surface area contributed by atoms with Gasteiger partial charge in [-0.1, -0.05) is 23.7 Å². The molecular weight excluding hydrogens is 398 g/mol. The van der Waals surface area contributed by atoms with Gasteiger partial charge in [-0.05, 0) is 54.2 Å². The lowest BCUT2D eigenvalue weighted by atomic mass is 9.92. The Morgan fingerprint density at radius 2 is 2.13 bits per heavy atom. The van der Waals surface area contributed by atoms with Crippen LogP contribution in [0.5, 0.6) is 0 Å². The number of nitrogens with zero attached hydrogens (tertiary/aromatic N) is 4. The lowest BCUT2D eigenvalue weighted by molar-refractivity contribution is -0.117. The van der Waals surface area contributed by atoms with E-state index in [2.05, 4.69) is 33.6 Å². The number of carbonyl (C=O) groups excluding carboxylic acids is 1. The van der Waals surface area contributed by atoms with Gasteiger partial charge in [-0.2, -0.15) is 10.4 Å². The molecule has 150 valence electrons. The fourth-order valence-electron chi connectivity index (χ4n) is 5.06. The molecule has 30 heavy (non-hydrogen) atoms. The number of nitriles is 1. The number of aryl methyl sites for hydroxylation is 1. The van der Waals surface area contributed by atoms with Crippen molar-refractivity contribution < 1.29 is 4.79 Å². The molecule has 3 aliphatic rings. The van der Waals surface area contributed by atoms with E-state index in [1.165, 1.54) is 0 Å². The third kappa shape index (κ3) is 2.45. The number of rotatable bonds is 4. The first-order chi connectivity index (χ1) is 14.5. The number of aromatic nitrogens is 3. The van der Waals surface area contributed by atoms with E-state index in [0.717, 1.165) is 47.6 Å². The van der Waals surface area contributed by atoms with Gasteiger partial charge in [0, 0.05) is 36.0 Å². The Balaban J connectivity index is 1.23. The number of benzene rings is 1. The number of nitrogens with one attached hydrogen (secondary N) is 1. The molecular formula is C23H20ClN5O. The van der Waals surface area contributed by atoms with Crippen LogP contribution in [-0.2, 0) is 17.3 Å². The van der Waals surface area contributed by atoms with Gasteiger partial charge in [0.25, 0.3) is 0 Å². The minimum absolute atomic E-state index is 0.0458. The van der Waals surface area contributed by atoms with Crippen LogP contribution in [0.4, 0.5) is 5.82 Å². The van der Waals surface area contributed by atoms with E-state index in [4.69, 9.17) is 11.6 Å². The highest BCUT2D eigenvalue weighted by Gasteiger charge is 2.75. The minimum Gasteiger partial charge on any atom is -0.310 e. The molecule has 2 aromatic heterocycles. The molecule has 0 saturated heterocycles. The van der Waals surface area contributed by atoms with Gasteiger partial charge in [0.15, 0.2) is 0 Å². The monoisotopic (exact) mass is 417 g/mol. The molecule has 3 atom stereocenters. The molecule has 3 fully saturated rings. The Morgan fingerprint density at radius 3 is 2.80 bits per heavy atom. The largest absolute Gasteiger partial charge is 0.310 e. The van der Waals surface area contributed by atoms with Crippen molar-refractivity contribution in [3.63, 3.8) is 0 Å².